The molecule has 1 saturated heterocycles. The zero-order valence-corrected chi connectivity index (χ0v) is 19.8. The van der Waals surface area contributed by atoms with Crippen molar-refractivity contribution in [1.29, 1.82) is 0 Å². The maximum absolute atomic E-state index is 13.0. The zero-order chi connectivity index (χ0) is 25.6. The van der Waals surface area contributed by atoms with Crippen LogP contribution >= 0.6 is 0 Å². The van der Waals surface area contributed by atoms with E-state index in [1.54, 1.807) is 13.8 Å². The zero-order valence-electron chi connectivity index (χ0n) is 19.8. The Bertz CT molecular complexity index is 889. The number of alkyl halides is 3. The highest BCUT2D eigenvalue weighted by molar-refractivity contribution is 5.94. The number of likely N-dealkylation sites (tertiary alicyclic amines) is 1. The molecule has 1 heterocycles. The van der Waals surface area contributed by atoms with Gasteiger partial charge in [0.1, 0.15) is 12.1 Å². The molecule has 1 aliphatic rings. The van der Waals surface area contributed by atoms with Gasteiger partial charge in [-0.2, -0.15) is 13.2 Å². The molecule has 1 fully saturated rings. The third-order valence-corrected chi connectivity index (χ3v) is 5.97. The number of carbonyl (C=O) groups excluding carboxylic acids is 4. The Morgan fingerprint density at radius 3 is 2.21 bits per heavy atom. The summed E-state index contributed by atoms with van der Waals surface area (Å²) in [5.41, 5.74) is 0.902. The monoisotopic (exact) mass is 483 g/mol. The van der Waals surface area contributed by atoms with Gasteiger partial charge < -0.3 is 15.5 Å². The molecule has 7 nitrogen and oxygen atoms in total. The standard InChI is InChI=1S/C24H32F3N3O4/c1-14(2)20(22(33)28-16(4)17-9-6-5-7-10-17)29-21(32)18-11-8-12-30(18)23(34)15(3)13-19(31)24(25,26)27/h5-7,9-10,14-16,18,20H,8,11-13H2,1-4H3,(H,28,33)(H,29,32)/t15-,16+,18-,20-/m0/s1. The summed E-state index contributed by atoms with van der Waals surface area (Å²) in [6.07, 6.45) is -5.16. The Morgan fingerprint density at radius 2 is 1.65 bits per heavy atom. The third-order valence-electron chi connectivity index (χ3n) is 5.97. The molecule has 0 bridgehead atoms. The minimum atomic E-state index is -5.01. The van der Waals surface area contributed by atoms with Crippen LogP contribution < -0.4 is 10.6 Å². The quantitative estimate of drug-likeness (QED) is 0.564. The summed E-state index contributed by atoms with van der Waals surface area (Å²) in [6.45, 7) is 6.83. The topological polar surface area (TPSA) is 95.6 Å². The smallest absolute Gasteiger partial charge is 0.348 e. The van der Waals surface area contributed by atoms with Crippen LogP contribution in [0.5, 0.6) is 0 Å². The molecule has 0 aromatic heterocycles. The predicted octanol–water partition coefficient (Wildman–Crippen LogP) is 3.15. The van der Waals surface area contributed by atoms with Crippen molar-refractivity contribution >= 4 is 23.5 Å². The van der Waals surface area contributed by atoms with Crippen molar-refractivity contribution in [2.45, 2.75) is 71.3 Å². The number of halogens is 3. The van der Waals surface area contributed by atoms with Crippen LogP contribution in [0.4, 0.5) is 13.2 Å². The summed E-state index contributed by atoms with van der Waals surface area (Å²) in [7, 11) is 0. The number of benzene rings is 1. The molecule has 10 heteroatoms. The lowest BCUT2D eigenvalue weighted by Gasteiger charge is -2.30. The summed E-state index contributed by atoms with van der Waals surface area (Å²) < 4.78 is 37.7. The fraction of sp³-hybridized carbons (Fsp3) is 0.583. The Hall–Kier alpha value is -2.91. The van der Waals surface area contributed by atoms with Gasteiger partial charge in [-0.1, -0.05) is 51.1 Å². The number of hydrogen-bond donors (Lipinski definition) is 2. The van der Waals surface area contributed by atoms with E-state index in [4.69, 9.17) is 0 Å². The number of nitrogens with zero attached hydrogens (tertiary/aromatic N) is 1. The van der Waals surface area contributed by atoms with Crippen LogP contribution in [-0.2, 0) is 19.2 Å². The van der Waals surface area contributed by atoms with Gasteiger partial charge in [-0.25, -0.2) is 0 Å². The van der Waals surface area contributed by atoms with Gasteiger partial charge in [0.25, 0.3) is 0 Å². The Kier molecular flexibility index (Phi) is 9.23. The normalized spacial score (nSPS) is 18.8. The average molecular weight is 484 g/mol. The van der Waals surface area contributed by atoms with Gasteiger partial charge in [0.2, 0.25) is 23.5 Å². The van der Waals surface area contributed by atoms with E-state index >= 15 is 0 Å². The first-order valence-corrected chi connectivity index (χ1v) is 11.4. The second-order valence-corrected chi connectivity index (χ2v) is 9.09. The molecule has 1 aromatic carbocycles. The SMILES string of the molecule is CC(C)[C@H](NC(=O)[C@@H]1CCCN1C(=O)[C@@H](C)CC(=O)C(F)(F)F)C(=O)N[C@H](C)c1ccccc1. The van der Waals surface area contributed by atoms with Crippen molar-refractivity contribution in [2.24, 2.45) is 11.8 Å². The van der Waals surface area contributed by atoms with Crippen LogP contribution in [0.15, 0.2) is 30.3 Å². The van der Waals surface area contributed by atoms with E-state index < -0.39 is 48.2 Å². The first kappa shape index (κ1) is 27.3. The summed E-state index contributed by atoms with van der Waals surface area (Å²) >= 11 is 0. The van der Waals surface area contributed by atoms with Crippen molar-refractivity contribution in [3.8, 4) is 0 Å². The first-order chi connectivity index (χ1) is 15.8. The van der Waals surface area contributed by atoms with Gasteiger partial charge in [0.05, 0.1) is 6.04 Å². The van der Waals surface area contributed by atoms with E-state index in [9.17, 15) is 32.3 Å². The van der Waals surface area contributed by atoms with Crippen LogP contribution in [0.2, 0.25) is 0 Å². The van der Waals surface area contributed by atoms with Gasteiger partial charge in [-0.15, -0.1) is 0 Å². The van der Waals surface area contributed by atoms with Crippen molar-refractivity contribution in [2.75, 3.05) is 6.54 Å². The molecule has 0 unspecified atom stereocenters. The predicted molar refractivity (Wildman–Crippen MR) is 119 cm³/mol. The molecule has 2 rings (SSSR count). The fourth-order valence-corrected chi connectivity index (χ4v) is 3.98. The highest BCUT2D eigenvalue weighted by atomic mass is 19.4. The molecule has 188 valence electrons. The van der Waals surface area contributed by atoms with Gasteiger partial charge in [0.15, 0.2) is 0 Å². The number of rotatable bonds is 9. The van der Waals surface area contributed by atoms with E-state index in [1.165, 1.54) is 11.8 Å². The van der Waals surface area contributed by atoms with Gasteiger partial charge >= 0.3 is 6.18 Å². The average Bonchev–Trinajstić information content (AvgIpc) is 3.26. The lowest BCUT2D eigenvalue weighted by atomic mass is 10.0. The van der Waals surface area contributed by atoms with Crippen molar-refractivity contribution in [3.05, 3.63) is 35.9 Å². The molecule has 1 aromatic rings. The Labute approximate surface area is 197 Å². The van der Waals surface area contributed by atoms with E-state index in [0.29, 0.717) is 12.8 Å². The molecule has 0 spiro atoms. The van der Waals surface area contributed by atoms with Gasteiger partial charge in [-0.05, 0) is 31.2 Å². The van der Waals surface area contributed by atoms with Crippen LogP contribution in [0.25, 0.3) is 0 Å². The third kappa shape index (κ3) is 7.04. The minimum absolute atomic E-state index is 0.199. The largest absolute Gasteiger partial charge is 0.449 e. The first-order valence-electron chi connectivity index (χ1n) is 11.4. The number of ketones is 1. The number of Topliss-reactive ketones (excluding diaryl/α,β-unsaturated/α-hetero) is 1. The molecule has 4 atom stereocenters. The minimum Gasteiger partial charge on any atom is -0.348 e. The van der Waals surface area contributed by atoms with Crippen LogP contribution in [0.3, 0.4) is 0 Å². The van der Waals surface area contributed by atoms with Gasteiger partial charge in [-0.3, -0.25) is 19.2 Å². The Balaban J connectivity index is 2.04. The van der Waals surface area contributed by atoms with E-state index in [0.717, 1.165) is 5.56 Å². The molecule has 1 aliphatic heterocycles. The van der Waals surface area contributed by atoms with E-state index in [1.807, 2.05) is 37.3 Å². The van der Waals surface area contributed by atoms with Gasteiger partial charge in [0, 0.05) is 18.9 Å². The summed E-state index contributed by atoms with van der Waals surface area (Å²) in [5.74, 6) is -5.03. The van der Waals surface area contributed by atoms with E-state index in [-0.39, 0.29) is 24.4 Å². The van der Waals surface area contributed by atoms with E-state index in [2.05, 4.69) is 10.6 Å². The van der Waals surface area contributed by atoms with Crippen molar-refractivity contribution in [3.63, 3.8) is 0 Å². The number of nitrogens with one attached hydrogen (secondary N) is 2. The van der Waals surface area contributed by atoms with Crippen molar-refractivity contribution in [1.82, 2.24) is 15.5 Å². The molecule has 34 heavy (non-hydrogen) atoms. The van der Waals surface area contributed by atoms with Crippen LogP contribution in [0.1, 0.15) is 58.6 Å². The molecule has 0 aliphatic carbocycles. The van der Waals surface area contributed by atoms with Crippen LogP contribution in [0, 0.1) is 11.8 Å². The van der Waals surface area contributed by atoms with Crippen LogP contribution in [-0.4, -0.2) is 53.2 Å². The lowest BCUT2D eigenvalue weighted by molar-refractivity contribution is -0.172. The number of amides is 3. The molecular weight excluding hydrogens is 451 g/mol. The maximum atomic E-state index is 13.0. The lowest BCUT2D eigenvalue weighted by Crippen LogP contribution is -2.55. The fourth-order valence-electron chi connectivity index (χ4n) is 3.98. The second kappa shape index (κ2) is 11.5. The number of carbonyl (C=O) groups is 4. The number of hydrogen-bond acceptors (Lipinski definition) is 4. The second-order valence-electron chi connectivity index (χ2n) is 9.09. The summed E-state index contributed by atoms with van der Waals surface area (Å²) in [6, 6.07) is 7.27. The molecule has 3 amide bonds. The summed E-state index contributed by atoms with van der Waals surface area (Å²) in [4.78, 5) is 51.1. The highest BCUT2D eigenvalue weighted by Gasteiger charge is 2.42. The molecule has 2 N–H and O–H groups in total. The van der Waals surface area contributed by atoms with Crippen molar-refractivity contribution < 1.29 is 32.3 Å². The Morgan fingerprint density at radius 1 is 1.03 bits per heavy atom. The highest BCUT2D eigenvalue weighted by Crippen LogP contribution is 2.25. The maximum Gasteiger partial charge on any atom is 0.449 e. The molecular formula is C24H32F3N3O4. The molecule has 0 saturated carbocycles. The summed E-state index contributed by atoms with van der Waals surface area (Å²) in [5, 5.41) is 5.60. The molecule has 0 radical (unpaired) electrons.